The monoisotopic (exact) mass is 409 g/mol. The van der Waals surface area contributed by atoms with Gasteiger partial charge in [0.05, 0.1) is 0 Å². The summed E-state index contributed by atoms with van der Waals surface area (Å²) in [6.07, 6.45) is 1.20. The molecule has 2 aromatic heterocycles. The number of hydrogen-bond donors (Lipinski definition) is 4. The third-order valence-corrected chi connectivity index (χ3v) is 4.07. The molecule has 2 heterocycles. The minimum atomic E-state index is -0.571. The quantitative estimate of drug-likeness (QED) is 0.471. The third-order valence-electron chi connectivity index (χ3n) is 4.07. The van der Waals surface area contributed by atoms with E-state index >= 15 is 0 Å². The molecule has 9 nitrogen and oxygen atoms in total. The maximum atomic E-state index is 12.1. The minimum absolute atomic E-state index is 0.260. The van der Waals surface area contributed by atoms with Gasteiger partial charge in [-0.3, -0.25) is 5.10 Å². The molecule has 3 aromatic rings. The number of amides is 1. The average Bonchev–Trinajstić information content (AvgIpc) is 3.21. The van der Waals surface area contributed by atoms with Crippen LogP contribution in [0.1, 0.15) is 32.6 Å². The number of alkyl carbamates (subject to hydrolysis) is 1. The first kappa shape index (κ1) is 21.1. The SMILES string of the molecule is CNc1cc(-c2n[nH]c(C(CNC(=O)OC(C)(C)C)Nc3ccccc3)n2)ccn1. The van der Waals surface area contributed by atoms with E-state index in [2.05, 4.69) is 36.1 Å². The number of carbonyl (C=O) groups excluding carboxylic acids is 1. The molecule has 0 bridgehead atoms. The first-order valence-electron chi connectivity index (χ1n) is 9.69. The van der Waals surface area contributed by atoms with Crippen molar-refractivity contribution in [1.29, 1.82) is 0 Å². The first-order valence-corrected chi connectivity index (χ1v) is 9.69. The topological polar surface area (TPSA) is 117 Å². The van der Waals surface area contributed by atoms with Crippen LogP contribution in [0.5, 0.6) is 0 Å². The molecule has 1 amide bonds. The predicted octanol–water partition coefficient (Wildman–Crippen LogP) is 3.59. The van der Waals surface area contributed by atoms with E-state index in [1.54, 1.807) is 13.2 Å². The second kappa shape index (κ2) is 9.25. The summed E-state index contributed by atoms with van der Waals surface area (Å²) in [4.78, 5) is 21.0. The van der Waals surface area contributed by atoms with E-state index in [0.717, 1.165) is 17.1 Å². The zero-order chi connectivity index (χ0) is 21.6. The number of pyridine rings is 1. The van der Waals surface area contributed by atoms with E-state index in [-0.39, 0.29) is 12.6 Å². The Hall–Kier alpha value is -3.62. The van der Waals surface area contributed by atoms with E-state index < -0.39 is 11.7 Å². The van der Waals surface area contributed by atoms with Crippen molar-refractivity contribution in [2.45, 2.75) is 32.4 Å². The van der Waals surface area contributed by atoms with Crippen molar-refractivity contribution in [2.75, 3.05) is 24.2 Å². The maximum Gasteiger partial charge on any atom is 0.407 e. The highest BCUT2D eigenvalue weighted by molar-refractivity contribution is 5.67. The second-order valence-corrected chi connectivity index (χ2v) is 7.67. The molecule has 1 aromatic carbocycles. The Kier molecular flexibility index (Phi) is 6.51. The van der Waals surface area contributed by atoms with Gasteiger partial charge in [0.1, 0.15) is 23.3 Å². The number of hydrogen-bond acceptors (Lipinski definition) is 7. The lowest BCUT2D eigenvalue weighted by molar-refractivity contribution is 0.0525. The molecule has 0 aliphatic heterocycles. The normalized spacial score (nSPS) is 12.1. The van der Waals surface area contributed by atoms with Gasteiger partial charge in [-0.2, -0.15) is 5.10 Å². The Labute approximate surface area is 175 Å². The highest BCUT2D eigenvalue weighted by atomic mass is 16.6. The van der Waals surface area contributed by atoms with Crippen LogP contribution in [0, 0.1) is 0 Å². The van der Waals surface area contributed by atoms with Gasteiger partial charge in [0.2, 0.25) is 0 Å². The Bertz CT molecular complexity index is 967. The molecule has 9 heteroatoms. The first-order chi connectivity index (χ1) is 14.3. The summed E-state index contributed by atoms with van der Waals surface area (Å²) in [5, 5.41) is 16.5. The number of carbonyl (C=O) groups is 1. The number of ether oxygens (including phenoxy) is 1. The average molecular weight is 409 g/mol. The Morgan fingerprint density at radius 2 is 1.97 bits per heavy atom. The van der Waals surface area contributed by atoms with Gasteiger partial charge in [-0.15, -0.1) is 0 Å². The molecule has 0 spiro atoms. The summed E-state index contributed by atoms with van der Waals surface area (Å²) >= 11 is 0. The summed E-state index contributed by atoms with van der Waals surface area (Å²) < 4.78 is 5.34. The summed E-state index contributed by atoms with van der Waals surface area (Å²) in [5.74, 6) is 1.86. The molecule has 1 atom stereocenters. The lowest BCUT2D eigenvalue weighted by Gasteiger charge is -2.22. The number of nitrogens with one attached hydrogen (secondary N) is 4. The maximum absolute atomic E-state index is 12.1. The van der Waals surface area contributed by atoms with Crippen LogP contribution in [0.3, 0.4) is 0 Å². The third kappa shape index (κ3) is 5.94. The highest BCUT2D eigenvalue weighted by Crippen LogP contribution is 2.21. The number of aromatic amines is 1. The van der Waals surface area contributed by atoms with Crippen LogP contribution < -0.4 is 16.0 Å². The van der Waals surface area contributed by atoms with Crippen molar-refractivity contribution in [3.63, 3.8) is 0 Å². The van der Waals surface area contributed by atoms with Crippen LogP contribution in [0.25, 0.3) is 11.4 Å². The van der Waals surface area contributed by atoms with Crippen LogP contribution >= 0.6 is 0 Å². The zero-order valence-electron chi connectivity index (χ0n) is 17.6. The summed E-state index contributed by atoms with van der Waals surface area (Å²) in [7, 11) is 1.80. The number of rotatable bonds is 7. The number of H-pyrrole nitrogens is 1. The van der Waals surface area contributed by atoms with Crippen molar-refractivity contribution < 1.29 is 9.53 Å². The van der Waals surface area contributed by atoms with Crippen molar-refractivity contribution in [3.05, 3.63) is 54.5 Å². The van der Waals surface area contributed by atoms with E-state index in [1.807, 2.05) is 63.2 Å². The number of nitrogens with zero attached hydrogens (tertiary/aromatic N) is 3. The van der Waals surface area contributed by atoms with E-state index in [9.17, 15) is 4.79 Å². The number of aromatic nitrogens is 4. The molecule has 0 fully saturated rings. The Balaban J connectivity index is 1.79. The Morgan fingerprint density at radius 3 is 2.67 bits per heavy atom. The van der Waals surface area contributed by atoms with Gasteiger partial charge in [0.15, 0.2) is 5.82 Å². The van der Waals surface area contributed by atoms with E-state index in [1.165, 1.54) is 0 Å². The lowest BCUT2D eigenvalue weighted by Crippen LogP contribution is -2.36. The number of para-hydroxylation sites is 1. The van der Waals surface area contributed by atoms with Crippen molar-refractivity contribution >= 4 is 17.6 Å². The number of anilines is 2. The number of benzene rings is 1. The molecule has 0 saturated heterocycles. The summed E-state index contributed by atoms with van der Waals surface area (Å²) in [5.41, 5.74) is 1.15. The van der Waals surface area contributed by atoms with Crippen LogP contribution in [0.4, 0.5) is 16.3 Å². The molecule has 0 aliphatic rings. The van der Waals surface area contributed by atoms with E-state index in [0.29, 0.717) is 11.6 Å². The smallest absolute Gasteiger partial charge is 0.407 e. The fraction of sp³-hybridized carbons (Fsp3) is 0.333. The fourth-order valence-electron chi connectivity index (χ4n) is 2.72. The standard InChI is InChI=1S/C21H27N7O2/c1-21(2,3)30-20(29)24-13-16(25-15-8-6-5-7-9-15)19-26-18(27-28-19)14-10-11-23-17(12-14)22-4/h5-12,16,25H,13H2,1-4H3,(H,22,23)(H,24,29)(H,26,27,28). The van der Waals surface area contributed by atoms with Crippen molar-refractivity contribution in [3.8, 4) is 11.4 Å². The highest BCUT2D eigenvalue weighted by Gasteiger charge is 2.21. The van der Waals surface area contributed by atoms with Gasteiger partial charge in [0, 0.05) is 31.0 Å². The zero-order valence-corrected chi connectivity index (χ0v) is 17.6. The van der Waals surface area contributed by atoms with Crippen LogP contribution in [-0.4, -0.2) is 45.5 Å². The van der Waals surface area contributed by atoms with Gasteiger partial charge in [-0.25, -0.2) is 14.8 Å². The second-order valence-electron chi connectivity index (χ2n) is 7.67. The molecule has 0 radical (unpaired) electrons. The van der Waals surface area contributed by atoms with Crippen molar-refractivity contribution in [1.82, 2.24) is 25.5 Å². The molecule has 1 unspecified atom stereocenters. The fourth-order valence-corrected chi connectivity index (χ4v) is 2.72. The molecule has 0 aliphatic carbocycles. The van der Waals surface area contributed by atoms with Gasteiger partial charge in [-0.1, -0.05) is 18.2 Å². The molecule has 3 rings (SSSR count). The van der Waals surface area contributed by atoms with Gasteiger partial charge in [0.25, 0.3) is 0 Å². The molecule has 30 heavy (non-hydrogen) atoms. The molecule has 158 valence electrons. The van der Waals surface area contributed by atoms with Crippen LogP contribution in [0.15, 0.2) is 48.7 Å². The Morgan fingerprint density at radius 1 is 1.20 bits per heavy atom. The predicted molar refractivity (Wildman–Crippen MR) is 116 cm³/mol. The van der Waals surface area contributed by atoms with Crippen LogP contribution in [-0.2, 0) is 4.74 Å². The molecule has 4 N–H and O–H groups in total. The largest absolute Gasteiger partial charge is 0.444 e. The van der Waals surface area contributed by atoms with Gasteiger partial charge < -0.3 is 20.7 Å². The molecular formula is C21H27N7O2. The summed E-state index contributed by atoms with van der Waals surface area (Å²) in [6, 6.07) is 13.1. The van der Waals surface area contributed by atoms with E-state index in [4.69, 9.17) is 4.74 Å². The van der Waals surface area contributed by atoms with Crippen molar-refractivity contribution in [2.24, 2.45) is 0 Å². The van der Waals surface area contributed by atoms with Crippen LogP contribution in [0.2, 0.25) is 0 Å². The van der Waals surface area contributed by atoms with Gasteiger partial charge in [-0.05, 0) is 45.0 Å². The molecule has 0 saturated carbocycles. The lowest BCUT2D eigenvalue weighted by atomic mass is 10.2. The summed E-state index contributed by atoms with van der Waals surface area (Å²) in [6.45, 7) is 5.73. The molecular weight excluding hydrogens is 382 g/mol. The van der Waals surface area contributed by atoms with Gasteiger partial charge >= 0.3 is 6.09 Å². The minimum Gasteiger partial charge on any atom is -0.444 e.